The maximum atomic E-state index is 14.4. The summed E-state index contributed by atoms with van der Waals surface area (Å²) in [6, 6.07) is 7.03. The fraction of sp³-hybridized carbons (Fsp3) is 0.517. The molecule has 2 aromatic rings. The molecule has 1 aromatic carbocycles. The van der Waals surface area contributed by atoms with Crippen molar-refractivity contribution in [3.8, 4) is 6.19 Å². The SMILES string of the molecule is CC(C)(C)c1ccc(N(C(=O)C2CCCN2C#N)C(C(=O)NC2CCCCC2)c2cncc(F)c2)cc1. The van der Waals surface area contributed by atoms with E-state index in [1.807, 2.05) is 24.3 Å². The van der Waals surface area contributed by atoms with Crippen LogP contribution in [0.1, 0.15) is 82.9 Å². The normalized spacial score (nSPS) is 19.2. The first-order chi connectivity index (χ1) is 17.7. The molecule has 1 saturated heterocycles. The van der Waals surface area contributed by atoms with Gasteiger partial charge in [0.1, 0.15) is 17.9 Å². The summed E-state index contributed by atoms with van der Waals surface area (Å²) in [4.78, 5) is 34.9. The van der Waals surface area contributed by atoms with Crippen molar-refractivity contribution in [3.05, 3.63) is 59.7 Å². The van der Waals surface area contributed by atoms with Crippen molar-refractivity contribution >= 4 is 17.5 Å². The molecular formula is C29H36FN5O2. The van der Waals surface area contributed by atoms with E-state index in [4.69, 9.17) is 0 Å². The monoisotopic (exact) mass is 505 g/mol. The van der Waals surface area contributed by atoms with Crippen molar-refractivity contribution in [2.75, 3.05) is 11.4 Å². The minimum absolute atomic E-state index is 0.00701. The zero-order chi connectivity index (χ0) is 26.6. The highest BCUT2D eigenvalue weighted by atomic mass is 19.1. The number of likely N-dealkylation sites (tertiary alicyclic amines) is 1. The minimum atomic E-state index is -1.13. The van der Waals surface area contributed by atoms with Gasteiger partial charge >= 0.3 is 0 Å². The highest BCUT2D eigenvalue weighted by molar-refractivity contribution is 6.04. The van der Waals surface area contributed by atoms with Crippen molar-refractivity contribution in [2.45, 2.75) is 89.3 Å². The van der Waals surface area contributed by atoms with Crippen LogP contribution in [0, 0.1) is 17.3 Å². The van der Waals surface area contributed by atoms with Crippen LogP contribution in [0.15, 0.2) is 42.7 Å². The predicted molar refractivity (Wildman–Crippen MR) is 140 cm³/mol. The van der Waals surface area contributed by atoms with Crippen molar-refractivity contribution < 1.29 is 14.0 Å². The van der Waals surface area contributed by atoms with Crippen LogP contribution in [-0.4, -0.2) is 40.3 Å². The highest BCUT2D eigenvalue weighted by Gasteiger charge is 2.41. The fourth-order valence-electron chi connectivity index (χ4n) is 5.35. The van der Waals surface area contributed by atoms with Crippen LogP contribution in [0.25, 0.3) is 0 Å². The van der Waals surface area contributed by atoms with Crippen LogP contribution in [0.5, 0.6) is 0 Å². The first kappa shape index (κ1) is 26.6. The van der Waals surface area contributed by atoms with Crippen molar-refractivity contribution in [2.24, 2.45) is 0 Å². The Morgan fingerprint density at radius 2 is 1.81 bits per heavy atom. The molecule has 1 N–H and O–H groups in total. The molecule has 2 fully saturated rings. The first-order valence-electron chi connectivity index (χ1n) is 13.2. The van der Waals surface area contributed by atoms with Gasteiger partial charge in [0.25, 0.3) is 5.91 Å². The molecule has 2 atom stereocenters. The van der Waals surface area contributed by atoms with E-state index in [9.17, 15) is 19.2 Å². The summed E-state index contributed by atoms with van der Waals surface area (Å²) in [7, 11) is 0. The number of rotatable bonds is 6. The fourth-order valence-corrected chi connectivity index (χ4v) is 5.35. The van der Waals surface area contributed by atoms with Crippen LogP contribution in [0.4, 0.5) is 10.1 Å². The molecule has 0 radical (unpaired) electrons. The Kier molecular flexibility index (Phi) is 8.11. The Bertz CT molecular complexity index is 1150. The predicted octanol–water partition coefficient (Wildman–Crippen LogP) is 4.99. The van der Waals surface area contributed by atoms with Crippen LogP contribution >= 0.6 is 0 Å². The van der Waals surface area contributed by atoms with E-state index in [1.165, 1.54) is 22.1 Å². The highest BCUT2D eigenvalue weighted by Crippen LogP contribution is 2.33. The van der Waals surface area contributed by atoms with Crippen molar-refractivity contribution in [1.82, 2.24) is 15.2 Å². The number of carbonyl (C=O) groups is 2. The molecule has 0 bridgehead atoms. The summed E-state index contributed by atoms with van der Waals surface area (Å²) in [5.41, 5.74) is 1.80. The smallest absolute Gasteiger partial charge is 0.251 e. The Morgan fingerprint density at radius 1 is 1.11 bits per heavy atom. The van der Waals surface area contributed by atoms with E-state index in [0.717, 1.165) is 43.9 Å². The van der Waals surface area contributed by atoms with Crippen molar-refractivity contribution in [3.63, 3.8) is 0 Å². The Morgan fingerprint density at radius 3 is 2.43 bits per heavy atom. The molecule has 7 nitrogen and oxygen atoms in total. The molecule has 196 valence electrons. The van der Waals surface area contributed by atoms with Gasteiger partial charge in [-0.25, -0.2) is 4.39 Å². The second kappa shape index (κ2) is 11.3. The average Bonchev–Trinajstić information content (AvgIpc) is 3.36. The number of aromatic nitrogens is 1. The van der Waals surface area contributed by atoms with E-state index in [1.54, 1.807) is 0 Å². The lowest BCUT2D eigenvalue weighted by Gasteiger charge is -2.35. The topological polar surface area (TPSA) is 89.3 Å². The zero-order valence-electron chi connectivity index (χ0n) is 21.9. The largest absolute Gasteiger partial charge is 0.351 e. The molecule has 0 spiro atoms. The number of carbonyl (C=O) groups excluding carboxylic acids is 2. The van der Waals surface area contributed by atoms with Crippen LogP contribution in [0.2, 0.25) is 0 Å². The summed E-state index contributed by atoms with van der Waals surface area (Å²) >= 11 is 0. The third-order valence-electron chi connectivity index (χ3n) is 7.42. The van der Waals surface area contributed by atoms with E-state index >= 15 is 0 Å². The number of nitriles is 1. The van der Waals surface area contributed by atoms with Crippen LogP contribution < -0.4 is 10.2 Å². The molecule has 2 aliphatic rings. The second-order valence-electron chi connectivity index (χ2n) is 11.1. The standard InChI is InChI=1S/C29H36FN5O2/c1-29(2,3)21-11-13-24(14-12-21)35(28(37)25-10-7-15-34(25)19-31)26(20-16-22(30)18-32-17-20)27(36)33-23-8-5-4-6-9-23/h11-14,16-18,23,25-26H,4-10,15H2,1-3H3,(H,33,36). The van der Waals surface area contributed by atoms with E-state index in [0.29, 0.717) is 30.6 Å². The van der Waals surface area contributed by atoms with Crippen molar-refractivity contribution in [1.29, 1.82) is 5.26 Å². The van der Waals surface area contributed by atoms with Gasteiger partial charge in [-0.3, -0.25) is 24.4 Å². The van der Waals surface area contributed by atoms with Gasteiger partial charge in [-0.05, 0) is 54.9 Å². The molecule has 2 unspecified atom stereocenters. The molecule has 1 aromatic heterocycles. The molecule has 2 heterocycles. The van der Waals surface area contributed by atoms with Gasteiger partial charge in [-0.15, -0.1) is 0 Å². The molecule has 8 heteroatoms. The maximum Gasteiger partial charge on any atom is 0.251 e. The second-order valence-corrected chi connectivity index (χ2v) is 11.1. The Hall–Kier alpha value is -3.47. The lowest BCUT2D eigenvalue weighted by atomic mass is 9.87. The number of anilines is 1. The molecule has 37 heavy (non-hydrogen) atoms. The zero-order valence-corrected chi connectivity index (χ0v) is 21.9. The third-order valence-corrected chi connectivity index (χ3v) is 7.42. The maximum absolute atomic E-state index is 14.4. The van der Waals surface area contributed by atoms with E-state index < -0.39 is 17.9 Å². The molecule has 1 aliphatic carbocycles. The van der Waals surface area contributed by atoms with Gasteiger partial charge < -0.3 is 5.32 Å². The summed E-state index contributed by atoms with van der Waals surface area (Å²) in [5.74, 6) is -1.30. The number of nitrogens with one attached hydrogen (secondary N) is 1. The molecule has 1 aliphatic heterocycles. The summed E-state index contributed by atoms with van der Waals surface area (Å²) < 4.78 is 14.4. The van der Waals surface area contributed by atoms with E-state index in [-0.39, 0.29) is 23.3 Å². The summed E-state index contributed by atoms with van der Waals surface area (Å²) in [6.45, 7) is 6.80. The van der Waals surface area contributed by atoms with E-state index in [2.05, 4.69) is 37.3 Å². The average molecular weight is 506 g/mol. The lowest BCUT2D eigenvalue weighted by Crippen LogP contribution is -2.51. The lowest BCUT2D eigenvalue weighted by molar-refractivity contribution is -0.128. The van der Waals surface area contributed by atoms with Crippen LogP contribution in [0.3, 0.4) is 0 Å². The number of nitrogens with zero attached hydrogens (tertiary/aromatic N) is 4. The number of halogens is 1. The van der Waals surface area contributed by atoms with Gasteiger partial charge in [0.15, 0.2) is 6.19 Å². The van der Waals surface area contributed by atoms with Crippen LogP contribution in [-0.2, 0) is 15.0 Å². The van der Waals surface area contributed by atoms with Gasteiger partial charge in [-0.2, -0.15) is 5.26 Å². The van der Waals surface area contributed by atoms with Gasteiger partial charge in [0.05, 0.1) is 6.20 Å². The molecule has 4 rings (SSSR count). The summed E-state index contributed by atoms with van der Waals surface area (Å²) in [6.07, 6.45) is 10.8. The third kappa shape index (κ3) is 6.10. The quantitative estimate of drug-likeness (QED) is 0.559. The summed E-state index contributed by atoms with van der Waals surface area (Å²) in [5, 5.41) is 12.8. The first-order valence-corrected chi connectivity index (χ1v) is 13.2. The Balaban J connectivity index is 1.80. The number of benzene rings is 1. The number of hydrogen-bond donors (Lipinski definition) is 1. The minimum Gasteiger partial charge on any atom is -0.351 e. The van der Waals surface area contributed by atoms with Gasteiger partial charge in [0.2, 0.25) is 5.91 Å². The number of pyridine rings is 1. The van der Waals surface area contributed by atoms with Gasteiger partial charge in [-0.1, -0.05) is 52.2 Å². The molecule has 2 amide bonds. The molecule has 1 saturated carbocycles. The number of amides is 2. The van der Waals surface area contributed by atoms with Gasteiger partial charge in [0, 0.05) is 30.0 Å². The molecular weight excluding hydrogens is 469 g/mol. The Labute approximate surface area is 218 Å². The number of hydrogen-bond acceptors (Lipinski definition) is 5.